The van der Waals surface area contributed by atoms with E-state index in [0.717, 1.165) is 45.1 Å². The molecule has 0 aromatic carbocycles. The van der Waals surface area contributed by atoms with Crippen molar-refractivity contribution in [1.82, 2.24) is 15.5 Å². The van der Waals surface area contributed by atoms with Crippen LogP contribution >= 0.6 is 12.2 Å². The van der Waals surface area contributed by atoms with E-state index in [9.17, 15) is 9.59 Å². The first-order chi connectivity index (χ1) is 15.4. The van der Waals surface area contributed by atoms with E-state index in [1.807, 2.05) is 11.8 Å². The molecule has 0 aromatic heterocycles. The summed E-state index contributed by atoms with van der Waals surface area (Å²) in [6.45, 7) is 14.6. The molecule has 2 N–H and O–H groups in total. The Morgan fingerprint density at radius 1 is 1.18 bits per heavy atom. The lowest BCUT2D eigenvalue weighted by atomic mass is 9.48. The van der Waals surface area contributed by atoms with Crippen LogP contribution < -0.4 is 10.6 Å². The molecule has 1 aliphatic heterocycles. The fourth-order valence-corrected chi connectivity index (χ4v) is 8.20. The van der Waals surface area contributed by atoms with Crippen LogP contribution in [0, 0.1) is 39.9 Å². The maximum absolute atomic E-state index is 14.0. The second-order valence-electron chi connectivity index (χ2n) is 12.7. The Labute approximate surface area is 205 Å². The summed E-state index contributed by atoms with van der Waals surface area (Å²) in [5.41, 5.74) is 0.0443. The van der Waals surface area contributed by atoms with Crippen molar-refractivity contribution < 1.29 is 9.59 Å². The lowest BCUT2D eigenvalue weighted by Crippen LogP contribution is -2.60. The van der Waals surface area contributed by atoms with Gasteiger partial charge in [-0.3, -0.25) is 14.5 Å². The van der Waals surface area contributed by atoms with Gasteiger partial charge in [-0.1, -0.05) is 40.7 Å². The summed E-state index contributed by atoms with van der Waals surface area (Å²) in [5.74, 6) is 2.09. The molecule has 4 aliphatic rings. The second kappa shape index (κ2) is 8.66. The zero-order valence-corrected chi connectivity index (χ0v) is 22.2. The Balaban J connectivity index is 1.58. The minimum absolute atomic E-state index is 0.0174. The van der Waals surface area contributed by atoms with Crippen molar-refractivity contribution in [3.05, 3.63) is 12.2 Å². The summed E-state index contributed by atoms with van der Waals surface area (Å²) in [6.07, 6.45) is 10.4. The molecule has 0 bridgehead atoms. The third kappa shape index (κ3) is 4.26. The Morgan fingerprint density at radius 3 is 2.58 bits per heavy atom. The molecule has 3 fully saturated rings. The summed E-state index contributed by atoms with van der Waals surface area (Å²) in [6, 6.07) is 0.249. The lowest BCUT2D eigenvalue weighted by molar-refractivity contribution is -0.141. The first kappa shape index (κ1) is 24.7. The van der Waals surface area contributed by atoms with Gasteiger partial charge in [-0.2, -0.15) is 0 Å². The van der Waals surface area contributed by atoms with Crippen LogP contribution in [0.25, 0.3) is 0 Å². The van der Waals surface area contributed by atoms with Crippen molar-refractivity contribution >= 4 is 29.1 Å². The predicted octanol–water partition coefficient (Wildman–Crippen LogP) is 4.67. The quantitative estimate of drug-likeness (QED) is 0.585. The van der Waals surface area contributed by atoms with Gasteiger partial charge in [0.2, 0.25) is 11.8 Å². The molecule has 3 aliphatic carbocycles. The van der Waals surface area contributed by atoms with Crippen molar-refractivity contribution in [2.45, 2.75) is 86.1 Å². The normalized spacial score (nSPS) is 39.7. The number of fused-ring (bicyclic) bond motifs is 5. The van der Waals surface area contributed by atoms with Gasteiger partial charge < -0.3 is 10.6 Å². The van der Waals surface area contributed by atoms with E-state index in [4.69, 9.17) is 12.2 Å². The van der Waals surface area contributed by atoms with Crippen LogP contribution in [0.4, 0.5) is 0 Å². The number of rotatable bonds is 3. The van der Waals surface area contributed by atoms with Crippen LogP contribution in [-0.4, -0.2) is 41.0 Å². The minimum atomic E-state index is -0.0174. The molecular weight excluding hydrogens is 430 g/mol. The molecule has 6 heteroatoms. The number of carbonyl (C=O) groups is 2. The van der Waals surface area contributed by atoms with E-state index in [2.05, 4.69) is 51.3 Å². The van der Waals surface area contributed by atoms with Crippen LogP contribution in [0.3, 0.4) is 0 Å². The van der Waals surface area contributed by atoms with E-state index < -0.39 is 0 Å². The number of nitrogens with one attached hydrogen (secondary N) is 2. The molecule has 0 unspecified atom stereocenters. The number of thiocarbonyl (C=S) groups is 1. The Morgan fingerprint density at radius 2 is 1.91 bits per heavy atom. The van der Waals surface area contributed by atoms with Crippen LogP contribution in [-0.2, 0) is 9.59 Å². The van der Waals surface area contributed by atoms with E-state index in [0.29, 0.717) is 29.4 Å². The largest absolute Gasteiger partial charge is 0.362 e. The van der Waals surface area contributed by atoms with Gasteiger partial charge in [-0.15, -0.1) is 0 Å². The summed E-state index contributed by atoms with van der Waals surface area (Å²) in [7, 11) is 0. The zero-order valence-electron chi connectivity index (χ0n) is 21.4. The van der Waals surface area contributed by atoms with Gasteiger partial charge in [-0.05, 0) is 92.3 Å². The highest BCUT2D eigenvalue weighted by molar-refractivity contribution is 7.80. The van der Waals surface area contributed by atoms with Gasteiger partial charge in [-0.25, -0.2) is 0 Å². The summed E-state index contributed by atoms with van der Waals surface area (Å²) in [5, 5.41) is 7.06. The van der Waals surface area contributed by atoms with Crippen molar-refractivity contribution in [2.24, 2.45) is 39.9 Å². The molecule has 4 rings (SSSR count). The Hall–Kier alpha value is -1.43. The molecule has 0 spiro atoms. The molecule has 2 amide bonds. The first-order valence-electron chi connectivity index (χ1n) is 13.0. The average Bonchev–Trinajstić information content (AvgIpc) is 3.09. The fraction of sp³-hybridized carbons (Fsp3) is 0.815. The van der Waals surface area contributed by atoms with Gasteiger partial charge >= 0.3 is 0 Å². The third-order valence-corrected chi connectivity index (χ3v) is 9.82. The van der Waals surface area contributed by atoms with Crippen molar-refractivity contribution in [3.8, 4) is 0 Å². The van der Waals surface area contributed by atoms with Crippen molar-refractivity contribution in [3.63, 3.8) is 0 Å². The molecule has 7 atom stereocenters. The smallest absolute Gasteiger partial charge is 0.243 e. The Bertz CT molecular complexity index is 849. The van der Waals surface area contributed by atoms with Gasteiger partial charge in [0.1, 0.15) is 0 Å². The zero-order chi connectivity index (χ0) is 24.2. The van der Waals surface area contributed by atoms with E-state index in [-0.39, 0.29) is 40.0 Å². The molecule has 33 heavy (non-hydrogen) atoms. The predicted molar refractivity (Wildman–Crippen MR) is 136 cm³/mol. The standard InChI is InChI=1S/C27H43N3O2S/c1-7-28-24(33)30(16-25(2,3)4)23(32)20-10-9-18-17-8-11-21-27(6,15-13-22(31)29-21)19(17)12-14-26(18,20)5/h13,15,17-21H,7-12,14,16H2,1-6H3,(H,28,33)(H,29,31)/t17-,18-,19-,20+,21+,26-,27+/m0/s1. The number of nitrogens with zero attached hydrogens (tertiary/aromatic N) is 1. The molecule has 184 valence electrons. The summed E-state index contributed by atoms with van der Waals surface area (Å²) < 4.78 is 0. The molecule has 3 saturated carbocycles. The SMILES string of the molecule is CCNC(=S)N(CC(C)(C)C)C(=O)[C@H]1CC[C@H]2[C@@H]3CC[C@H]4NC(=O)C=C[C@]4(C)[C@H]3CC[C@]12C. The highest BCUT2D eigenvalue weighted by Crippen LogP contribution is 2.65. The maximum atomic E-state index is 14.0. The van der Waals surface area contributed by atoms with Crippen LogP contribution in [0.1, 0.15) is 80.1 Å². The fourth-order valence-electron chi connectivity index (χ4n) is 7.90. The van der Waals surface area contributed by atoms with E-state index in [1.54, 1.807) is 6.08 Å². The van der Waals surface area contributed by atoms with Crippen LogP contribution in [0.5, 0.6) is 0 Å². The topological polar surface area (TPSA) is 61.4 Å². The molecule has 1 heterocycles. The highest BCUT2D eigenvalue weighted by atomic mass is 32.1. The number of hydrogen-bond acceptors (Lipinski definition) is 3. The third-order valence-electron chi connectivity index (χ3n) is 9.46. The number of carbonyl (C=O) groups excluding carboxylic acids is 2. The van der Waals surface area contributed by atoms with Gasteiger partial charge in [0.05, 0.1) is 0 Å². The molecule has 5 nitrogen and oxygen atoms in total. The Kier molecular flexibility index (Phi) is 6.48. The van der Waals surface area contributed by atoms with Crippen molar-refractivity contribution in [1.29, 1.82) is 0 Å². The minimum Gasteiger partial charge on any atom is -0.362 e. The lowest BCUT2D eigenvalue weighted by Gasteiger charge is -2.58. The number of amides is 2. The average molecular weight is 474 g/mol. The maximum Gasteiger partial charge on any atom is 0.243 e. The van der Waals surface area contributed by atoms with Crippen LogP contribution in [0.15, 0.2) is 12.2 Å². The van der Waals surface area contributed by atoms with Crippen LogP contribution in [0.2, 0.25) is 0 Å². The van der Waals surface area contributed by atoms with E-state index in [1.165, 1.54) is 0 Å². The summed E-state index contributed by atoms with van der Waals surface area (Å²) >= 11 is 5.67. The second-order valence-corrected chi connectivity index (χ2v) is 13.1. The van der Waals surface area contributed by atoms with Gasteiger partial charge in [0.25, 0.3) is 0 Å². The molecular formula is C27H43N3O2S. The molecule has 0 radical (unpaired) electrons. The number of hydrogen-bond donors (Lipinski definition) is 2. The summed E-state index contributed by atoms with van der Waals surface area (Å²) in [4.78, 5) is 27.9. The highest BCUT2D eigenvalue weighted by Gasteiger charge is 2.61. The first-order valence-corrected chi connectivity index (χ1v) is 13.4. The molecule has 0 aromatic rings. The van der Waals surface area contributed by atoms with Gasteiger partial charge in [0, 0.05) is 30.5 Å². The molecule has 0 saturated heterocycles. The monoisotopic (exact) mass is 473 g/mol. The van der Waals surface area contributed by atoms with E-state index >= 15 is 0 Å². The van der Waals surface area contributed by atoms with Crippen molar-refractivity contribution in [2.75, 3.05) is 13.1 Å². The van der Waals surface area contributed by atoms with Gasteiger partial charge in [0.15, 0.2) is 5.11 Å².